The molecule has 0 atom stereocenters. The molecule has 4 aliphatic heterocycles. The fraction of sp³-hybridized carbons (Fsp3) is 1.00. The summed E-state index contributed by atoms with van der Waals surface area (Å²) in [6.45, 7) is 4.50. The predicted octanol–water partition coefficient (Wildman–Crippen LogP) is 4.97. The van der Waals surface area contributed by atoms with E-state index < -0.39 is 0 Å². The molecule has 0 bridgehead atoms. The van der Waals surface area contributed by atoms with E-state index in [1.807, 2.05) is 0 Å². The van der Waals surface area contributed by atoms with E-state index in [9.17, 15) is 0 Å². The molecular weight excluding hydrogens is 310 g/mol. The van der Waals surface area contributed by atoms with Gasteiger partial charge in [0.25, 0.3) is 0 Å². The average molecular weight is 348 g/mol. The molecule has 0 aliphatic carbocycles. The van der Waals surface area contributed by atoms with Crippen LogP contribution in [0.5, 0.6) is 0 Å². The van der Waals surface area contributed by atoms with Crippen molar-refractivity contribution in [2.24, 2.45) is 0 Å². The molecule has 4 heteroatoms. The first-order valence-corrected chi connectivity index (χ1v) is 11.7. The van der Waals surface area contributed by atoms with Gasteiger partial charge in [-0.1, -0.05) is 6.42 Å². The standard InChI is InChI=1S/C5H10O.C5H10S.C4H9N.C4H8S/c2*1-2-4-6-5-3-1;2*1-2-4-5-3-1/h2*1-5H2;5H,1-4H2;1-4H2. The Morgan fingerprint density at radius 3 is 1.14 bits per heavy atom. The molecule has 0 aromatic rings. The summed E-state index contributed by atoms with van der Waals surface area (Å²) in [5.41, 5.74) is 0. The Morgan fingerprint density at radius 2 is 0.955 bits per heavy atom. The van der Waals surface area contributed by atoms with Gasteiger partial charge in [0.05, 0.1) is 0 Å². The molecule has 2 nitrogen and oxygen atoms in total. The van der Waals surface area contributed by atoms with Crippen LogP contribution in [0.4, 0.5) is 0 Å². The van der Waals surface area contributed by atoms with E-state index in [0.29, 0.717) is 0 Å². The van der Waals surface area contributed by atoms with Gasteiger partial charge in [-0.05, 0) is 93.9 Å². The lowest BCUT2D eigenvalue weighted by Gasteiger charge is -2.08. The smallest absolute Gasteiger partial charge is 0.0466 e. The average Bonchev–Trinajstić information content (AvgIpc) is 3.37. The highest BCUT2D eigenvalue weighted by atomic mass is 32.2. The number of hydrogen-bond acceptors (Lipinski definition) is 4. The third kappa shape index (κ3) is 15.5. The Balaban J connectivity index is 0.000000147. The third-order valence-electron chi connectivity index (χ3n) is 3.94. The van der Waals surface area contributed by atoms with Crippen LogP contribution in [0.25, 0.3) is 0 Å². The molecule has 4 heterocycles. The lowest BCUT2D eigenvalue weighted by atomic mass is 10.2. The van der Waals surface area contributed by atoms with Crippen LogP contribution in [0.1, 0.15) is 64.2 Å². The van der Waals surface area contributed by atoms with E-state index in [4.69, 9.17) is 4.74 Å². The van der Waals surface area contributed by atoms with Gasteiger partial charge < -0.3 is 10.1 Å². The van der Waals surface area contributed by atoms with Crippen LogP contribution in [-0.2, 0) is 4.74 Å². The zero-order valence-electron chi connectivity index (χ0n) is 14.5. The lowest BCUT2D eigenvalue weighted by Crippen LogP contribution is -2.03. The molecule has 22 heavy (non-hydrogen) atoms. The van der Waals surface area contributed by atoms with Crippen molar-refractivity contribution in [1.82, 2.24) is 5.32 Å². The second-order valence-corrected chi connectivity index (χ2v) is 8.57. The number of thioether (sulfide) groups is 2. The number of rotatable bonds is 0. The van der Waals surface area contributed by atoms with Crippen LogP contribution in [-0.4, -0.2) is 49.3 Å². The fourth-order valence-corrected chi connectivity index (χ4v) is 4.55. The van der Waals surface area contributed by atoms with Crippen molar-refractivity contribution in [2.75, 3.05) is 49.3 Å². The molecule has 0 unspecified atom stereocenters. The van der Waals surface area contributed by atoms with E-state index in [2.05, 4.69) is 28.8 Å². The Kier molecular flexibility index (Phi) is 16.9. The quantitative estimate of drug-likeness (QED) is 0.667. The van der Waals surface area contributed by atoms with Crippen LogP contribution in [0, 0.1) is 0 Å². The van der Waals surface area contributed by atoms with Gasteiger partial charge in [0.15, 0.2) is 0 Å². The monoisotopic (exact) mass is 347 g/mol. The zero-order valence-corrected chi connectivity index (χ0v) is 16.1. The van der Waals surface area contributed by atoms with Crippen molar-refractivity contribution in [3.8, 4) is 0 Å². The van der Waals surface area contributed by atoms with Crippen LogP contribution in [0.15, 0.2) is 0 Å². The molecule has 4 rings (SSSR count). The van der Waals surface area contributed by atoms with Crippen molar-refractivity contribution < 1.29 is 4.74 Å². The number of hydrogen-bond donors (Lipinski definition) is 1. The predicted molar refractivity (Wildman–Crippen MR) is 105 cm³/mol. The van der Waals surface area contributed by atoms with Crippen molar-refractivity contribution in [3.63, 3.8) is 0 Å². The van der Waals surface area contributed by atoms with E-state index in [1.165, 1.54) is 100 Å². The Hall–Kier alpha value is 0.620. The second kappa shape index (κ2) is 18.0. The molecule has 4 fully saturated rings. The van der Waals surface area contributed by atoms with Crippen LogP contribution in [0.3, 0.4) is 0 Å². The van der Waals surface area contributed by atoms with Crippen molar-refractivity contribution in [2.45, 2.75) is 64.2 Å². The highest BCUT2D eigenvalue weighted by Gasteiger charge is 1.96. The minimum atomic E-state index is 1.00. The van der Waals surface area contributed by atoms with Crippen molar-refractivity contribution >= 4 is 23.5 Å². The van der Waals surface area contributed by atoms with Gasteiger partial charge in [-0.15, -0.1) is 0 Å². The normalized spacial score (nSPS) is 24.0. The minimum Gasteiger partial charge on any atom is -0.381 e. The third-order valence-corrected chi connectivity index (χ3v) is 6.25. The molecule has 1 N–H and O–H groups in total. The Labute approximate surface area is 147 Å². The van der Waals surface area contributed by atoms with Crippen LogP contribution < -0.4 is 5.32 Å². The van der Waals surface area contributed by atoms with E-state index in [0.717, 1.165) is 13.2 Å². The molecule has 0 spiro atoms. The highest BCUT2D eigenvalue weighted by Crippen LogP contribution is 2.15. The first-order chi connectivity index (χ1) is 11.0. The first kappa shape index (κ1) is 20.7. The lowest BCUT2D eigenvalue weighted by molar-refractivity contribution is 0.0968. The van der Waals surface area contributed by atoms with Crippen LogP contribution >= 0.6 is 23.5 Å². The van der Waals surface area contributed by atoms with Crippen molar-refractivity contribution in [3.05, 3.63) is 0 Å². The topological polar surface area (TPSA) is 21.3 Å². The summed E-state index contributed by atoms with van der Waals surface area (Å²) in [6.07, 6.45) is 14.0. The number of ether oxygens (including phenoxy) is 1. The van der Waals surface area contributed by atoms with Gasteiger partial charge >= 0.3 is 0 Å². The maximum Gasteiger partial charge on any atom is 0.0466 e. The maximum absolute atomic E-state index is 5.07. The summed E-state index contributed by atoms with van der Waals surface area (Å²) in [4.78, 5) is 0. The van der Waals surface area contributed by atoms with E-state index >= 15 is 0 Å². The molecule has 4 saturated heterocycles. The molecule has 132 valence electrons. The van der Waals surface area contributed by atoms with Gasteiger partial charge in [-0.3, -0.25) is 0 Å². The fourth-order valence-electron chi connectivity index (χ4n) is 2.51. The van der Waals surface area contributed by atoms with E-state index in [1.54, 1.807) is 0 Å². The largest absolute Gasteiger partial charge is 0.381 e. The summed E-state index contributed by atoms with van der Waals surface area (Å²) < 4.78 is 5.07. The van der Waals surface area contributed by atoms with Gasteiger partial charge in [0.2, 0.25) is 0 Å². The van der Waals surface area contributed by atoms with Gasteiger partial charge in [0, 0.05) is 13.2 Å². The molecule has 0 aromatic heterocycles. The van der Waals surface area contributed by atoms with Gasteiger partial charge in [0.1, 0.15) is 0 Å². The van der Waals surface area contributed by atoms with Crippen molar-refractivity contribution in [1.29, 1.82) is 0 Å². The molecule has 0 saturated carbocycles. The summed E-state index contributed by atoms with van der Waals surface area (Å²) >= 11 is 4.17. The molecule has 0 amide bonds. The zero-order chi connectivity index (χ0) is 15.6. The van der Waals surface area contributed by atoms with Gasteiger partial charge in [-0.2, -0.15) is 23.5 Å². The van der Waals surface area contributed by atoms with E-state index in [-0.39, 0.29) is 0 Å². The molecule has 4 aliphatic rings. The Bertz CT molecular complexity index is 141. The Morgan fingerprint density at radius 1 is 0.500 bits per heavy atom. The molecule has 0 aromatic carbocycles. The highest BCUT2D eigenvalue weighted by molar-refractivity contribution is 7.99. The number of nitrogens with one attached hydrogen (secondary N) is 1. The second-order valence-electron chi connectivity index (χ2n) is 6.12. The maximum atomic E-state index is 5.07. The van der Waals surface area contributed by atoms with Crippen LogP contribution in [0.2, 0.25) is 0 Å². The molecule has 0 radical (unpaired) electrons. The minimum absolute atomic E-state index is 1.00. The van der Waals surface area contributed by atoms with Gasteiger partial charge in [-0.25, -0.2) is 0 Å². The summed E-state index contributed by atoms with van der Waals surface area (Å²) in [5.74, 6) is 5.67. The summed E-state index contributed by atoms with van der Waals surface area (Å²) in [7, 11) is 0. The molecular formula is C18H37NOS2. The SMILES string of the molecule is C1CCNC1.C1CCOCC1.C1CCSC1.C1CCSCC1. The summed E-state index contributed by atoms with van der Waals surface area (Å²) in [6, 6.07) is 0. The first-order valence-electron chi connectivity index (χ1n) is 9.44. The summed E-state index contributed by atoms with van der Waals surface area (Å²) in [5, 5.41) is 3.22.